The van der Waals surface area contributed by atoms with Crippen molar-refractivity contribution in [3.8, 4) is 0 Å². The van der Waals surface area contributed by atoms with Crippen molar-refractivity contribution < 1.29 is 4.79 Å². The van der Waals surface area contributed by atoms with Crippen LogP contribution in [0.3, 0.4) is 0 Å². The number of amides is 1. The molecule has 0 aliphatic rings. The summed E-state index contributed by atoms with van der Waals surface area (Å²) in [5.41, 5.74) is 7.40. The maximum absolute atomic E-state index is 10.7. The van der Waals surface area contributed by atoms with Gasteiger partial charge < -0.3 is 11.1 Å². The molecule has 1 aromatic carbocycles. The Kier molecular flexibility index (Phi) is 4.38. The second kappa shape index (κ2) is 5.34. The zero-order valence-corrected chi connectivity index (χ0v) is 11.0. The minimum absolute atomic E-state index is 0.0689. The molecule has 82 valence electrons. The van der Waals surface area contributed by atoms with Gasteiger partial charge in [-0.15, -0.1) is 0 Å². The van der Waals surface area contributed by atoms with Crippen molar-refractivity contribution in [2.24, 2.45) is 5.73 Å². The van der Waals surface area contributed by atoms with Crippen LogP contribution in [0.5, 0.6) is 0 Å². The first-order valence-corrected chi connectivity index (χ1v) is 5.88. The summed E-state index contributed by atoms with van der Waals surface area (Å²) in [6.07, 6.45) is 0.352. The van der Waals surface area contributed by atoms with Gasteiger partial charge in [0.25, 0.3) is 0 Å². The fourth-order valence-corrected chi connectivity index (χ4v) is 1.88. The van der Waals surface area contributed by atoms with E-state index in [0.717, 1.165) is 5.69 Å². The molecule has 15 heavy (non-hydrogen) atoms. The van der Waals surface area contributed by atoms with E-state index in [-0.39, 0.29) is 11.9 Å². The van der Waals surface area contributed by atoms with Gasteiger partial charge in [-0.3, -0.25) is 4.79 Å². The average molecular weight is 318 g/mol. The molecule has 0 aromatic heterocycles. The fraction of sp³-hybridized carbons (Fsp3) is 0.364. The van der Waals surface area contributed by atoms with Gasteiger partial charge in [0, 0.05) is 21.7 Å². The Balaban J connectivity index is 2.72. The Hall–Kier alpha value is -0.780. The molecule has 3 N–H and O–H groups in total. The van der Waals surface area contributed by atoms with Crippen LogP contribution in [0.25, 0.3) is 0 Å². The number of benzene rings is 1. The smallest absolute Gasteiger partial charge is 0.219 e. The second-order valence-electron chi connectivity index (χ2n) is 3.63. The molecular formula is C11H15IN2O. The lowest BCUT2D eigenvalue weighted by atomic mass is 10.1. The third-order valence-corrected chi connectivity index (χ3v) is 3.35. The van der Waals surface area contributed by atoms with E-state index in [0.29, 0.717) is 6.42 Å². The van der Waals surface area contributed by atoms with Gasteiger partial charge in [-0.1, -0.05) is 6.07 Å². The van der Waals surface area contributed by atoms with E-state index in [1.807, 2.05) is 19.1 Å². The van der Waals surface area contributed by atoms with E-state index in [1.165, 1.54) is 9.13 Å². The molecule has 0 heterocycles. The number of anilines is 1. The molecule has 1 atom stereocenters. The summed E-state index contributed by atoms with van der Waals surface area (Å²) in [6.45, 7) is 4.01. The van der Waals surface area contributed by atoms with Crippen molar-refractivity contribution in [3.05, 3.63) is 27.3 Å². The van der Waals surface area contributed by atoms with Gasteiger partial charge in [-0.2, -0.15) is 0 Å². The minimum Gasteiger partial charge on any atom is -0.382 e. The zero-order valence-electron chi connectivity index (χ0n) is 8.88. The minimum atomic E-state index is -0.279. The van der Waals surface area contributed by atoms with E-state index >= 15 is 0 Å². The quantitative estimate of drug-likeness (QED) is 0.837. The number of nitrogens with two attached hydrogens (primary N) is 1. The summed E-state index contributed by atoms with van der Waals surface area (Å²) >= 11 is 2.29. The SMILES string of the molecule is Cc1c(I)cccc1NC(C)CC(N)=O. The molecule has 0 saturated carbocycles. The van der Waals surface area contributed by atoms with Crippen LogP contribution in [-0.2, 0) is 4.79 Å². The van der Waals surface area contributed by atoms with Crippen LogP contribution in [0.1, 0.15) is 18.9 Å². The zero-order chi connectivity index (χ0) is 11.4. The monoisotopic (exact) mass is 318 g/mol. The topological polar surface area (TPSA) is 55.1 Å². The first-order valence-electron chi connectivity index (χ1n) is 4.80. The predicted molar refractivity (Wildman–Crippen MR) is 70.8 cm³/mol. The first-order chi connectivity index (χ1) is 7.00. The molecule has 0 fully saturated rings. The lowest BCUT2D eigenvalue weighted by Gasteiger charge is -2.16. The van der Waals surface area contributed by atoms with Crippen molar-refractivity contribution in [2.45, 2.75) is 26.3 Å². The highest BCUT2D eigenvalue weighted by molar-refractivity contribution is 14.1. The normalized spacial score (nSPS) is 12.2. The molecule has 1 aromatic rings. The average Bonchev–Trinajstić information content (AvgIpc) is 2.11. The van der Waals surface area contributed by atoms with Gasteiger partial charge in [0.1, 0.15) is 0 Å². The van der Waals surface area contributed by atoms with E-state index in [9.17, 15) is 4.79 Å². The molecule has 0 aliphatic carbocycles. The molecule has 1 rings (SSSR count). The maximum atomic E-state index is 10.7. The number of rotatable bonds is 4. The molecule has 1 unspecified atom stereocenters. The highest BCUT2D eigenvalue weighted by Gasteiger charge is 2.08. The lowest BCUT2D eigenvalue weighted by molar-refractivity contribution is -0.118. The number of carbonyl (C=O) groups excluding carboxylic acids is 1. The Labute approximate surface area is 104 Å². The Morgan fingerprint density at radius 3 is 2.87 bits per heavy atom. The maximum Gasteiger partial charge on any atom is 0.219 e. The third kappa shape index (κ3) is 3.70. The first kappa shape index (κ1) is 12.3. The van der Waals surface area contributed by atoms with E-state index in [2.05, 4.69) is 40.9 Å². The Bertz CT molecular complexity index is 366. The fourth-order valence-electron chi connectivity index (χ4n) is 1.38. The molecule has 4 heteroatoms. The van der Waals surface area contributed by atoms with Gasteiger partial charge in [0.15, 0.2) is 0 Å². The van der Waals surface area contributed by atoms with Crippen LogP contribution in [0, 0.1) is 10.5 Å². The molecule has 0 radical (unpaired) electrons. The van der Waals surface area contributed by atoms with Gasteiger partial charge >= 0.3 is 0 Å². The van der Waals surface area contributed by atoms with E-state index in [4.69, 9.17) is 5.73 Å². The van der Waals surface area contributed by atoms with Gasteiger partial charge in [0.2, 0.25) is 5.91 Å². The number of hydrogen-bond acceptors (Lipinski definition) is 2. The molecule has 3 nitrogen and oxygen atoms in total. The Morgan fingerprint density at radius 2 is 2.27 bits per heavy atom. The number of halogens is 1. The molecular weight excluding hydrogens is 303 g/mol. The van der Waals surface area contributed by atoms with Crippen LogP contribution in [0.15, 0.2) is 18.2 Å². The van der Waals surface area contributed by atoms with Crippen LogP contribution < -0.4 is 11.1 Å². The molecule has 0 aliphatic heterocycles. The summed E-state index contributed by atoms with van der Waals surface area (Å²) in [5, 5.41) is 3.28. The van der Waals surface area contributed by atoms with Crippen LogP contribution in [0.4, 0.5) is 5.69 Å². The molecule has 0 bridgehead atoms. The van der Waals surface area contributed by atoms with Crippen molar-refractivity contribution in [2.75, 3.05) is 5.32 Å². The van der Waals surface area contributed by atoms with Gasteiger partial charge in [-0.25, -0.2) is 0 Å². The molecule has 1 amide bonds. The van der Waals surface area contributed by atoms with Crippen molar-refractivity contribution in [1.82, 2.24) is 0 Å². The summed E-state index contributed by atoms with van der Waals surface area (Å²) in [4.78, 5) is 10.7. The van der Waals surface area contributed by atoms with Crippen molar-refractivity contribution >= 4 is 34.2 Å². The number of nitrogens with one attached hydrogen (secondary N) is 1. The van der Waals surface area contributed by atoms with E-state index in [1.54, 1.807) is 0 Å². The number of carbonyl (C=O) groups is 1. The van der Waals surface area contributed by atoms with Crippen LogP contribution >= 0.6 is 22.6 Å². The van der Waals surface area contributed by atoms with Gasteiger partial charge in [-0.05, 0) is 54.1 Å². The Morgan fingerprint density at radius 1 is 1.60 bits per heavy atom. The standard InChI is InChI=1S/C11H15IN2O/c1-7(6-11(13)15)14-10-5-3-4-9(12)8(10)2/h3-5,7,14H,6H2,1-2H3,(H2,13,15). The van der Waals surface area contributed by atoms with Crippen LogP contribution in [-0.4, -0.2) is 11.9 Å². The van der Waals surface area contributed by atoms with Gasteiger partial charge in [0.05, 0.1) is 0 Å². The summed E-state index contributed by atoms with van der Waals surface area (Å²) in [7, 11) is 0. The number of hydrogen-bond donors (Lipinski definition) is 2. The number of primary amides is 1. The summed E-state index contributed by atoms with van der Waals surface area (Å²) < 4.78 is 1.21. The third-order valence-electron chi connectivity index (χ3n) is 2.18. The summed E-state index contributed by atoms with van der Waals surface area (Å²) in [6, 6.07) is 6.13. The van der Waals surface area contributed by atoms with Crippen LogP contribution in [0.2, 0.25) is 0 Å². The second-order valence-corrected chi connectivity index (χ2v) is 4.79. The highest BCUT2D eigenvalue weighted by atomic mass is 127. The van der Waals surface area contributed by atoms with E-state index < -0.39 is 0 Å². The highest BCUT2D eigenvalue weighted by Crippen LogP contribution is 2.21. The largest absolute Gasteiger partial charge is 0.382 e. The predicted octanol–water partition coefficient (Wildman–Crippen LogP) is 2.28. The summed E-state index contributed by atoms with van der Waals surface area (Å²) in [5.74, 6) is -0.279. The van der Waals surface area contributed by atoms with Crippen molar-refractivity contribution in [1.29, 1.82) is 0 Å². The lowest BCUT2D eigenvalue weighted by Crippen LogP contribution is -2.24. The molecule has 0 spiro atoms. The van der Waals surface area contributed by atoms with Crippen molar-refractivity contribution in [3.63, 3.8) is 0 Å². The molecule has 0 saturated heterocycles.